The average molecular weight is 494 g/mol. The normalized spacial score (nSPS) is 22.7. The molecule has 0 bridgehead atoms. The highest BCUT2D eigenvalue weighted by atomic mass is 127. The van der Waals surface area contributed by atoms with Crippen LogP contribution in [0.2, 0.25) is 0 Å². The van der Waals surface area contributed by atoms with Gasteiger partial charge < -0.3 is 15.5 Å². The zero-order chi connectivity index (χ0) is 18.8. The van der Waals surface area contributed by atoms with Crippen LogP contribution >= 0.6 is 24.0 Å². The molecule has 1 heterocycles. The largest absolute Gasteiger partial charge is 0.357 e. The molecule has 1 aliphatic carbocycles. The van der Waals surface area contributed by atoms with Gasteiger partial charge in [-0.25, -0.2) is 0 Å². The third-order valence-electron chi connectivity index (χ3n) is 6.13. The number of hydrogen-bond acceptors (Lipinski definition) is 3. The summed E-state index contributed by atoms with van der Waals surface area (Å²) in [5, 5.41) is 7.06. The lowest BCUT2D eigenvalue weighted by molar-refractivity contribution is 0.122. The summed E-state index contributed by atoms with van der Waals surface area (Å²) in [7, 11) is 2.21. The molecule has 0 aromatic heterocycles. The first-order valence-electron chi connectivity index (χ1n) is 11.1. The quantitative estimate of drug-likeness (QED) is 0.309. The molecule has 0 radical (unpaired) electrons. The van der Waals surface area contributed by atoms with Crippen LogP contribution in [0.1, 0.15) is 65.7 Å². The van der Waals surface area contributed by atoms with Crippen molar-refractivity contribution in [1.29, 1.82) is 0 Å². The zero-order valence-corrected chi connectivity index (χ0v) is 20.5. The molecular weight excluding hydrogens is 449 g/mol. The Morgan fingerprint density at radius 3 is 2.37 bits per heavy atom. The Morgan fingerprint density at radius 1 is 1.07 bits per heavy atom. The fourth-order valence-electron chi connectivity index (χ4n) is 4.19. The summed E-state index contributed by atoms with van der Waals surface area (Å²) < 4.78 is 0. The van der Waals surface area contributed by atoms with Crippen molar-refractivity contribution in [3.63, 3.8) is 0 Å². The fourth-order valence-corrected chi connectivity index (χ4v) is 4.19. The van der Waals surface area contributed by atoms with Crippen LogP contribution in [0.5, 0.6) is 0 Å². The van der Waals surface area contributed by atoms with Crippen LogP contribution in [0.15, 0.2) is 4.99 Å². The minimum absolute atomic E-state index is 0. The van der Waals surface area contributed by atoms with Gasteiger partial charge in [-0.1, -0.05) is 32.1 Å². The summed E-state index contributed by atoms with van der Waals surface area (Å²) in [5.74, 6) is 1.95. The van der Waals surface area contributed by atoms with E-state index in [0.717, 1.165) is 38.1 Å². The molecule has 2 N–H and O–H groups in total. The van der Waals surface area contributed by atoms with E-state index in [1.165, 1.54) is 58.0 Å². The van der Waals surface area contributed by atoms with E-state index in [0.29, 0.717) is 12.1 Å². The van der Waals surface area contributed by atoms with Crippen LogP contribution in [0.3, 0.4) is 0 Å². The Labute approximate surface area is 185 Å². The predicted octanol–water partition coefficient (Wildman–Crippen LogP) is 3.54. The first kappa shape index (κ1) is 25.0. The number of nitrogens with one attached hydrogen (secondary N) is 2. The highest BCUT2D eigenvalue weighted by Gasteiger charge is 2.19. The number of piperazine rings is 1. The van der Waals surface area contributed by atoms with Gasteiger partial charge in [0.2, 0.25) is 0 Å². The van der Waals surface area contributed by atoms with E-state index in [1.54, 1.807) is 0 Å². The number of halogens is 1. The third-order valence-corrected chi connectivity index (χ3v) is 6.13. The van der Waals surface area contributed by atoms with Gasteiger partial charge in [0.1, 0.15) is 0 Å². The van der Waals surface area contributed by atoms with Crippen LogP contribution < -0.4 is 10.6 Å². The minimum Gasteiger partial charge on any atom is -0.357 e. The summed E-state index contributed by atoms with van der Waals surface area (Å²) in [6.07, 6.45) is 9.86. The lowest BCUT2D eigenvalue weighted by atomic mass is 9.85. The first-order valence-corrected chi connectivity index (χ1v) is 11.1. The second kappa shape index (κ2) is 14.0. The molecule has 2 atom stereocenters. The molecule has 0 amide bonds. The second-order valence-corrected chi connectivity index (χ2v) is 8.53. The van der Waals surface area contributed by atoms with Gasteiger partial charge in [0, 0.05) is 44.8 Å². The predicted molar refractivity (Wildman–Crippen MR) is 128 cm³/mol. The van der Waals surface area contributed by atoms with Gasteiger partial charge in [-0.3, -0.25) is 9.89 Å². The SMILES string of the molecule is CCNC(=NCC(C)N1CCN(C)CC1)NC(C)CCC1CCCCC1.I. The molecular formula is C21H44IN5. The Kier molecular flexibility index (Phi) is 12.9. The number of aliphatic imine (C=N–C) groups is 1. The molecule has 160 valence electrons. The molecule has 1 saturated carbocycles. The van der Waals surface area contributed by atoms with Crippen molar-refractivity contribution in [3.8, 4) is 0 Å². The van der Waals surface area contributed by atoms with E-state index in [2.05, 4.69) is 48.3 Å². The minimum atomic E-state index is 0. The Hall–Kier alpha value is -0.0800. The van der Waals surface area contributed by atoms with E-state index in [1.807, 2.05) is 0 Å². The average Bonchev–Trinajstić information content (AvgIpc) is 2.66. The van der Waals surface area contributed by atoms with E-state index >= 15 is 0 Å². The number of guanidine groups is 1. The van der Waals surface area contributed by atoms with Crippen LogP contribution in [-0.2, 0) is 0 Å². The summed E-state index contributed by atoms with van der Waals surface area (Å²) in [4.78, 5) is 9.86. The fraction of sp³-hybridized carbons (Fsp3) is 0.952. The monoisotopic (exact) mass is 493 g/mol. The standard InChI is InChI=1S/C21H43N5.HI/c1-5-22-21(23-17-19(3)26-15-13-25(4)14-16-26)24-18(2)11-12-20-9-7-6-8-10-20;/h18-20H,5-17H2,1-4H3,(H2,22,23,24);1H. The number of nitrogens with zero attached hydrogens (tertiary/aromatic N) is 3. The molecule has 0 aromatic carbocycles. The molecule has 5 nitrogen and oxygen atoms in total. The van der Waals surface area contributed by atoms with Crippen molar-refractivity contribution in [2.75, 3.05) is 46.3 Å². The highest BCUT2D eigenvalue weighted by Crippen LogP contribution is 2.27. The number of hydrogen-bond donors (Lipinski definition) is 2. The molecule has 2 unspecified atom stereocenters. The van der Waals surface area contributed by atoms with Gasteiger partial charge >= 0.3 is 0 Å². The van der Waals surface area contributed by atoms with Crippen molar-refractivity contribution in [2.24, 2.45) is 10.9 Å². The molecule has 0 aromatic rings. The third kappa shape index (κ3) is 9.79. The molecule has 2 fully saturated rings. The lowest BCUT2D eigenvalue weighted by Crippen LogP contribution is -2.49. The van der Waals surface area contributed by atoms with Crippen molar-refractivity contribution in [3.05, 3.63) is 0 Å². The second-order valence-electron chi connectivity index (χ2n) is 8.53. The van der Waals surface area contributed by atoms with Gasteiger partial charge in [-0.2, -0.15) is 0 Å². The lowest BCUT2D eigenvalue weighted by Gasteiger charge is -2.36. The van der Waals surface area contributed by atoms with Crippen LogP contribution in [-0.4, -0.2) is 74.2 Å². The summed E-state index contributed by atoms with van der Waals surface area (Å²) in [5.41, 5.74) is 0. The van der Waals surface area contributed by atoms with Gasteiger partial charge in [0.25, 0.3) is 0 Å². The Balaban J connectivity index is 0.00000364. The van der Waals surface area contributed by atoms with Crippen LogP contribution in [0.25, 0.3) is 0 Å². The van der Waals surface area contributed by atoms with E-state index < -0.39 is 0 Å². The van der Waals surface area contributed by atoms with Crippen molar-refractivity contribution in [2.45, 2.75) is 77.8 Å². The van der Waals surface area contributed by atoms with Gasteiger partial charge in [-0.15, -0.1) is 24.0 Å². The summed E-state index contributed by atoms with van der Waals surface area (Å²) >= 11 is 0. The topological polar surface area (TPSA) is 42.9 Å². The maximum Gasteiger partial charge on any atom is 0.191 e. The first-order chi connectivity index (χ1) is 12.6. The molecule has 6 heteroatoms. The molecule has 1 saturated heterocycles. The maximum atomic E-state index is 4.88. The van der Waals surface area contributed by atoms with Gasteiger partial charge in [-0.05, 0) is 46.6 Å². The molecule has 2 aliphatic rings. The van der Waals surface area contributed by atoms with E-state index in [-0.39, 0.29) is 24.0 Å². The molecule has 0 spiro atoms. The van der Waals surface area contributed by atoms with Crippen LogP contribution in [0.4, 0.5) is 0 Å². The highest BCUT2D eigenvalue weighted by molar-refractivity contribution is 14.0. The van der Waals surface area contributed by atoms with Gasteiger partial charge in [0.15, 0.2) is 5.96 Å². The van der Waals surface area contributed by atoms with Crippen molar-refractivity contribution >= 4 is 29.9 Å². The van der Waals surface area contributed by atoms with E-state index in [4.69, 9.17) is 4.99 Å². The Morgan fingerprint density at radius 2 is 1.74 bits per heavy atom. The van der Waals surface area contributed by atoms with E-state index in [9.17, 15) is 0 Å². The molecule has 27 heavy (non-hydrogen) atoms. The van der Waals surface area contributed by atoms with Crippen molar-refractivity contribution < 1.29 is 0 Å². The summed E-state index contributed by atoms with van der Waals surface area (Å²) in [6.45, 7) is 13.2. The smallest absolute Gasteiger partial charge is 0.191 e. The van der Waals surface area contributed by atoms with Gasteiger partial charge in [0.05, 0.1) is 6.54 Å². The number of likely N-dealkylation sites (N-methyl/N-ethyl adjacent to an activating group) is 1. The summed E-state index contributed by atoms with van der Waals surface area (Å²) in [6, 6.07) is 1.00. The maximum absolute atomic E-state index is 4.88. The Bertz CT molecular complexity index is 403. The van der Waals surface area contributed by atoms with Crippen molar-refractivity contribution in [1.82, 2.24) is 20.4 Å². The number of rotatable bonds is 8. The molecule has 2 rings (SSSR count). The van der Waals surface area contributed by atoms with Crippen LogP contribution in [0, 0.1) is 5.92 Å². The zero-order valence-electron chi connectivity index (χ0n) is 18.2. The molecule has 1 aliphatic heterocycles.